The van der Waals surface area contributed by atoms with Crippen molar-refractivity contribution < 1.29 is 30.3 Å². The van der Waals surface area contributed by atoms with Crippen molar-refractivity contribution in [1.29, 1.82) is 10.8 Å². The molecule has 0 aromatic carbocycles. The molecule has 0 aliphatic heterocycles. The maximum absolute atomic E-state index is 6.00. The summed E-state index contributed by atoms with van der Waals surface area (Å²) in [5.74, 6) is 0. The van der Waals surface area contributed by atoms with Crippen molar-refractivity contribution in [2.75, 3.05) is 24.6 Å². The Bertz CT molecular complexity index is 927. The zero-order valence-electron chi connectivity index (χ0n) is 43.5. The van der Waals surface area contributed by atoms with Gasteiger partial charge in [0.2, 0.25) is 0 Å². The molecule has 0 bridgehead atoms. The first kappa shape index (κ1) is 64.1. The molecule has 2 nitrogen and oxygen atoms in total. The minimum atomic E-state index is -0.346. The Balaban J connectivity index is 0.000000258. The number of nitrogens with zero attached hydrogens (tertiary/aromatic N) is 2. The molecule has 68 heavy (non-hydrogen) atoms. The Morgan fingerprint density at radius 3 is 0.441 bits per heavy atom. The second-order valence-electron chi connectivity index (χ2n) is 22.8. The van der Waals surface area contributed by atoms with E-state index < -0.39 is 0 Å². The molecule has 0 N–H and O–H groups in total. The third kappa shape index (κ3) is 25.3. The molecule has 0 amide bonds. The van der Waals surface area contributed by atoms with Gasteiger partial charge in [0.05, 0.1) is 0 Å². The summed E-state index contributed by atoms with van der Waals surface area (Å²) in [6.07, 6.45) is 76.2. The Kier molecular flexibility index (Phi) is 40.1. The average Bonchev–Trinajstić information content (AvgIpc) is 3.42. The van der Waals surface area contributed by atoms with E-state index in [0.717, 1.165) is 0 Å². The third-order valence-electron chi connectivity index (χ3n) is 18.5. The molecular formula is C56H104Cl4N2P4Ru2. The van der Waals surface area contributed by atoms with Crippen molar-refractivity contribution in [2.24, 2.45) is 0 Å². The van der Waals surface area contributed by atoms with Gasteiger partial charge in [0, 0.05) is 10.8 Å². The van der Waals surface area contributed by atoms with Gasteiger partial charge in [-0.1, -0.05) is 154 Å². The maximum atomic E-state index is 6.00. The first-order chi connectivity index (χ1) is 33.7. The number of hydrogen-bond donors (Lipinski definition) is 0. The van der Waals surface area contributed by atoms with Crippen LogP contribution in [0.2, 0.25) is 0 Å². The van der Waals surface area contributed by atoms with Gasteiger partial charge >= 0.3 is 69.1 Å². The SMILES string of the molecule is C1CCC(P(CCCCP(C2CCCCC2)C2CCCCC2)C2CCCCC2)CC1.C1CCC(P(CCCCP(C2CCCCC2)C2CCCCC2)C2CCCCC2)CC1.N#N.[Cl][Ru][Cl].[Cl][Ru][Cl]. The van der Waals surface area contributed by atoms with E-state index in [-0.39, 0.29) is 30.3 Å². The number of hydrogen-bond acceptors (Lipinski definition) is 2. The van der Waals surface area contributed by atoms with Crippen molar-refractivity contribution in [3.63, 3.8) is 0 Å². The Morgan fingerprint density at radius 2 is 0.338 bits per heavy atom. The van der Waals surface area contributed by atoms with E-state index in [1.165, 1.54) is 96.6 Å². The molecule has 0 saturated heterocycles. The molecule has 8 saturated carbocycles. The fraction of sp³-hybridized carbons (Fsp3) is 1.00. The van der Waals surface area contributed by atoms with Crippen LogP contribution in [0.3, 0.4) is 0 Å². The van der Waals surface area contributed by atoms with E-state index in [4.69, 9.17) is 49.5 Å². The predicted octanol–water partition coefficient (Wildman–Crippen LogP) is 22.9. The van der Waals surface area contributed by atoms with Crippen LogP contribution in [0.4, 0.5) is 0 Å². The van der Waals surface area contributed by atoms with Gasteiger partial charge in [-0.2, -0.15) is 0 Å². The van der Waals surface area contributed by atoms with Gasteiger partial charge in [-0.05, 0) is 198 Å². The molecule has 402 valence electrons. The quantitative estimate of drug-likeness (QED) is 0.0594. The van der Waals surface area contributed by atoms with E-state index in [0.29, 0.717) is 31.7 Å². The van der Waals surface area contributed by atoms with Gasteiger partial charge in [0.15, 0.2) is 0 Å². The molecule has 0 unspecified atom stereocenters. The summed E-state index contributed by atoms with van der Waals surface area (Å²) in [4.78, 5) is 0. The molecule has 0 radical (unpaired) electrons. The van der Waals surface area contributed by atoms with E-state index in [1.54, 1.807) is 256 Å². The van der Waals surface area contributed by atoms with E-state index in [9.17, 15) is 0 Å². The summed E-state index contributed by atoms with van der Waals surface area (Å²) in [6.45, 7) is 0. The Hall–Kier alpha value is 3.55. The second-order valence-corrected chi connectivity index (χ2v) is 39.8. The van der Waals surface area contributed by atoms with Crippen LogP contribution in [-0.4, -0.2) is 69.9 Å². The second kappa shape index (κ2) is 42.6. The van der Waals surface area contributed by atoms with E-state index >= 15 is 0 Å². The molecule has 0 heterocycles. The van der Waals surface area contributed by atoms with E-state index in [2.05, 4.69) is 0 Å². The Labute approximate surface area is 459 Å². The normalized spacial score (nSPS) is 24.1. The van der Waals surface area contributed by atoms with Crippen molar-refractivity contribution in [1.82, 2.24) is 0 Å². The Morgan fingerprint density at radius 1 is 0.235 bits per heavy atom. The van der Waals surface area contributed by atoms with Crippen LogP contribution in [-0.2, 0) is 30.3 Å². The van der Waals surface area contributed by atoms with Crippen LogP contribution in [0, 0.1) is 10.8 Å². The van der Waals surface area contributed by atoms with Gasteiger partial charge in [-0.15, -0.1) is 31.7 Å². The van der Waals surface area contributed by atoms with Crippen LogP contribution in [0.1, 0.15) is 283 Å². The van der Waals surface area contributed by atoms with Gasteiger partial charge in [0.25, 0.3) is 0 Å². The predicted molar refractivity (Wildman–Crippen MR) is 307 cm³/mol. The van der Waals surface area contributed by atoms with Crippen molar-refractivity contribution in [3.8, 4) is 0 Å². The van der Waals surface area contributed by atoms with Crippen LogP contribution >= 0.6 is 70.5 Å². The molecule has 0 aromatic rings. The minimum absolute atomic E-state index is 0.346. The van der Waals surface area contributed by atoms with Gasteiger partial charge < -0.3 is 0 Å². The summed E-state index contributed by atoms with van der Waals surface area (Å²) in [6, 6.07) is 0. The van der Waals surface area contributed by atoms with Crippen molar-refractivity contribution in [2.45, 2.75) is 328 Å². The molecule has 8 aliphatic carbocycles. The van der Waals surface area contributed by atoms with Gasteiger partial charge in [0.1, 0.15) is 0 Å². The van der Waals surface area contributed by atoms with E-state index in [1.807, 2.05) is 0 Å². The fourth-order valence-corrected chi connectivity index (χ4v) is 31.0. The molecule has 8 rings (SSSR count). The summed E-state index contributed by atoms with van der Waals surface area (Å²) in [5, 5.41) is 12.0. The monoisotopic (exact) mass is 1270 g/mol. The standard InChI is InChI=1S/2C28H52P2.4ClH.N2.2Ru/c2*1-5-15-25(16-6-1)29(26-17-7-2-8-18-26)23-13-14-24-30(27-19-9-3-10-20-27)28-21-11-4-12-22-28;;;;;1-2;;/h2*25-28H,1-24H2;4*1H;;;/q;;;;;;;2*+2/p-4. The van der Waals surface area contributed by atoms with Crippen LogP contribution < -0.4 is 0 Å². The topological polar surface area (TPSA) is 47.6 Å². The summed E-state index contributed by atoms with van der Waals surface area (Å²) < 4.78 is 0. The third-order valence-corrected chi connectivity index (χ3v) is 33.5. The first-order valence-electron chi connectivity index (χ1n) is 29.6. The summed E-state index contributed by atoms with van der Waals surface area (Å²) in [5.41, 5.74) is 9.41. The van der Waals surface area contributed by atoms with Crippen LogP contribution in [0.5, 0.6) is 0 Å². The summed E-state index contributed by atoms with van der Waals surface area (Å²) in [7, 11) is 20.8. The molecular weight excluding hydrogens is 1170 g/mol. The molecule has 8 fully saturated rings. The van der Waals surface area contributed by atoms with Gasteiger partial charge in [-0.3, -0.25) is 0 Å². The molecule has 0 aromatic heterocycles. The van der Waals surface area contributed by atoms with Crippen molar-refractivity contribution in [3.05, 3.63) is 0 Å². The number of halogens is 4. The average molecular weight is 1270 g/mol. The first-order valence-corrected chi connectivity index (χ1v) is 45.2. The zero-order valence-corrected chi connectivity index (χ0v) is 53.5. The zero-order chi connectivity index (χ0) is 48.3. The molecule has 0 spiro atoms. The van der Waals surface area contributed by atoms with Crippen LogP contribution in [0.15, 0.2) is 0 Å². The molecule has 12 heteroatoms. The summed E-state index contributed by atoms with van der Waals surface area (Å²) >= 11 is -0.691. The molecule has 0 atom stereocenters. The van der Waals surface area contributed by atoms with Crippen LogP contribution in [0.25, 0.3) is 0 Å². The number of unbranched alkanes of at least 4 members (excludes halogenated alkanes) is 2. The molecule has 8 aliphatic rings. The number of rotatable bonds is 18. The fourth-order valence-electron chi connectivity index (χ4n) is 15.1. The van der Waals surface area contributed by atoms with Gasteiger partial charge in [-0.25, -0.2) is 0 Å². The van der Waals surface area contributed by atoms with Crippen molar-refractivity contribution >= 4 is 70.5 Å².